The molecule has 0 radical (unpaired) electrons. The van der Waals surface area contributed by atoms with Gasteiger partial charge in [0, 0.05) is 81.5 Å². The van der Waals surface area contributed by atoms with Gasteiger partial charge in [-0.2, -0.15) is 0 Å². The van der Waals surface area contributed by atoms with Crippen molar-refractivity contribution in [3.63, 3.8) is 0 Å². The maximum atomic E-state index is 13.5. The largest absolute Gasteiger partial charge is 0.369 e. The minimum Gasteiger partial charge on any atom is -0.369 e. The van der Waals surface area contributed by atoms with Crippen LogP contribution >= 0.6 is 0 Å². The molecule has 212 valence electrons. The van der Waals surface area contributed by atoms with E-state index in [1.54, 1.807) is 34.1 Å². The van der Waals surface area contributed by atoms with Crippen LogP contribution in [0.5, 0.6) is 0 Å². The third kappa shape index (κ3) is 5.33. The van der Waals surface area contributed by atoms with Gasteiger partial charge in [0.15, 0.2) is 0 Å². The molecule has 3 aliphatic rings. The molecule has 6 rings (SSSR count). The highest BCUT2D eigenvalue weighted by atomic mass is 19.1. The molecule has 0 spiro atoms. The predicted molar refractivity (Wildman–Crippen MR) is 153 cm³/mol. The van der Waals surface area contributed by atoms with E-state index in [4.69, 9.17) is 0 Å². The van der Waals surface area contributed by atoms with E-state index in [0.29, 0.717) is 62.6 Å². The van der Waals surface area contributed by atoms with Crippen LogP contribution in [0.4, 0.5) is 15.8 Å². The maximum Gasteiger partial charge on any atom is 0.255 e. The summed E-state index contributed by atoms with van der Waals surface area (Å²) in [5, 5.41) is 2.98. The van der Waals surface area contributed by atoms with Gasteiger partial charge in [-0.15, -0.1) is 0 Å². The lowest BCUT2D eigenvalue weighted by atomic mass is 9.83. The van der Waals surface area contributed by atoms with E-state index in [1.807, 2.05) is 16.7 Å². The second kappa shape index (κ2) is 10.8. The number of hydrogen-bond acceptors (Lipinski definition) is 5. The number of piperazine rings is 1. The highest BCUT2D eigenvalue weighted by Crippen LogP contribution is 2.39. The fraction of sp³-hybridized carbons (Fsp3) is 0.355. The molecule has 41 heavy (non-hydrogen) atoms. The molecule has 2 fully saturated rings. The van der Waals surface area contributed by atoms with Gasteiger partial charge >= 0.3 is 0 Å². The normalized spacial score (nSPS) is 19.9. The number of benzene rings is 2. The Morgan fingerprint density at radius 2 is 1.56 bits per heavy atom. The highest BCUT2D eigenvalue weighted by molar-refractivity contribution is 6.07. The van der Waals surface area contributed by atoms with Gasteiger partial charge in [-0.3, -0.25) is 19.2 Å². The molecule has 1 N–H and O–H groups in total. The van der Waals surface area contributed by atoms with Crippen molar-refractivity contribution in [2.45, 2.75) is 25.8 Å². The third-order valence-corrected chi connectivity index (χ3v) is 8.43. The van der Waals surface area contributed by atoms with Crippen molar-refractivity contribution >= 4 is 29.1 Å². The van der Waals surface area contributed by atoms with Crippen LogP contribution in [0.1, 0.15) is 45.7 Å². The van der Waals surface area contributed by atoms with Gasteiger partial charge in [0.05, 0.1) is 11.4 Å². The molecule has 0 saturated carbocycles. The van der Waals surface area contributed by atoms with E-state index in [2.05, 4.69) is 10.2 Å². The van der Waals surface area contributed by atoms with Crippen molar-refractivity contribution in [1.29, 1.82) is 0 Å². The third-order valence-electron chi connectivity index (χ3n) is 8.43. The summed E-state index contributed by atoms with van der Waals surface area (Å²) >= 11 is 0. The van der Waals surface area contributed by atoms with E-state index in [-0.39, 0.29) is 29.2 Å². The molecule has 2 saturated heterocycles. The van der Waals surface area contributed by atoms with E-state index >= 15 is 0 Å². The summed E-state index contributed by atoms with van der Waals surface area (Å²) < 4.78 is 15.4. The molecule has 2 aromatic carbocycles. The highest BCUT2D eigenvalue weighted by Gasteiger charge is 2.35. The zero-order valence-electron chi connectivity index (χ0n) is 22.9. The Morgan fingerprint density at radius 3 is 2.29 bits per heavy atom. The minimum absolute atomic E-state index is 0.00830. The second-order valence-electron chi connectivity index (χ2n) is 11.1. The summed E-state index contributed by atoms with van der Waals surface area (Å²) in [4.78, 5) is 56.5. The molecule has 2 bridgehead atoms. The van der Waals surface area contributed by atoms with Crippen LogP contribution in [-0.2, 0) is 11.3 Å². The Hall–Kier alpha value is -4.47. The van der Waals surface area contributed by atoms with E-state index in [9.17, 15) is 23.6 Å². The van der Waals surface area contributed by atoms with E-state index in [1.165, 1.54) is 31.2 Å². The van der Waals surface area contributed by atoms with Crippen molar-refractivity contribution in [2.24, 2.45) is 5.92 Å². The van der Waals surface area contributed by atoms with Crippen LogP contribution in [0.2, 0.25) is 0 Å². The first kappa shape index (κ1) is 26.7. The molecule has 1 aromatic heterocycles. The molecular formula is C31H32FN5O4. The average molecular weight is 558 g/mol. The molecule has 9 nitrogen and oxygen atoms in total. The molecule has 4 heterocycles. The van der Waals surface area contributed by atoms with E-state index in [0.717, 1.165) is 17.8 Å². The zero-order valence-corrected chi connectivity index (χ0v) is 22.9. The number of halogens is 1. The van der Waals surface area contributed by atoms with Gasteiger partial charge in [-0.05, 0) is 60.9 Å². The van der Waals surface area contributed by atoms with Gasteiger partial charge in [0.25, 0.3) is 17.4 Å². The number of carbonyl (C=O) groups excluding carboxylic acids is 3. The Morgan fingerprint density at radius 1 is 0.854 bits per heavy atom. The summed E-state index contributed by atoms with van der Waals surface area (Å²) in [5.74, 6) is -0.581. The fourth-order valence-corrected chi connectivity index (χ4v) is 6.34. The van der Waals surface area contributed by atoms with Crippen LogP contribution in [-0.4, -0.2) is 71.4 Å². The molecule has 2 unspecified atom stereocenters. The molecule has 2 atom stereocenters. The van der Waals surface area contributed by atoms with Crippen molar-refractivity contribution in [2.75, 3.05) is 49.5 Å². The van der Waals surface area contributed by atoms with Gasteiger partial charge in [-0.1, -0.05) is 6.07 Å². The van der Waals surface area contributed by atoms with E-state index < -0.39 is 11.7 Å². The van der Waals surface area contributed by atoms with Gasteiger partial charge in [-0.25, -0.2) is 4.39 Å². The van der Waals surface area contributed by atoms with Crippen molar-refractivity contribution < 1.29 is 18.8 Å². The topological polar surface area (TPSA) is 95.0 Å². The number of fused-ring (bicyclic) bond motifs is 4. The van der Waals surface area contributed by atoms with Crippen molar-refractivity contribution in [3.05, 3.63) is 93.7 Å². The number of pyridine rings is 1. The number of carbonyl (C=O) groups is 3. The lowest BCUT2D eigenvalue weighted by Gasteiger charge is -2.44. The van der Waals surface area contributed by atoms with Gasteiger partial charge in [0.1, 0.15) is 5.82 Å². The fourth-order valence-electron chi connectivity index (χ4n) is 6.34. The Labute approximate surface area is 237 Å². The Balaban J connectivity index is 1.30. The molecular weight excluding hydrogens is 525 g/mol. The van der Waals surface area contributed by atoms with Crippen molar-refractivity contribution in [3.8, 4) is 0 Å². The number of hydrogen-bond donors (Lipinski definition) is 1. The Bertz CT molecular complexity index is 1560. The van der Waals surface area contributed by atoms with Crippen molar-refractivity contribution in [1.82, 2.24) is 14.4 Å². The Kier molecular flexibility index (Phi) is 7.07. The SMILES string of the molecule is CC(=O)N1CCN(C(=O)c2ccc(N3CC4CC(C3)c3cccc(=O)n3C4)c(NC(=O)c3ccc(F)cc3)c2)CC1. The predicted octanol–water partition coefficient (Wildman–Crippen LogP) is 3.17. The lowest BCUT2D eigenvalue weighted by molar-refractivity contribution is -0.130. The average Bonchev–Trinajstić information content (AvgIpc) is 2.97. The number of rotatable bonds is 4. The van der Waals surface area contributed by atoms with Crippen LogP contribution in [0.3, 0.4) is 0 Å². The molecule has 10 heteroatoms. The standard InChI is InChI=1S/C31H32FN5O4/c1-20(38)34-11-13-35(14-12-34)31(41)23-7-10-28(26(16-23)33-30(40)22-5-8-25(32)9-6-22)36-17-21-15-24(19-36)27-3-2-4-29(39)37(27)18-21/h2-10,16,21,24H,11-15,17-19H2,1H3,(H,33,40). The number of amides is 3. The van der Waals surface area contributed by atoms with Crippen LogP contribution in [0, 0.1) is 11.7 Å². The molecule has 3 amide bonds. The van der Waals surface area contributed by atoms with Gasteiger partial charge in [0.2, 0.25) is 5.91 Å². The van der Waals surface area contributed by atoms with Gasteiger partial charge < -0.3 is 24.6 Å². The first-order valence-corrected chi connectivity index (χ1v) is 14.0. The minimum atomic E-state index is -0.432. The zero-order chi connectivity index (χ0) is 28.7. The number of nitrogens with zero attached hydrogens (tertiary/aromatic N) is 4. The summed E-state index contributed by atoms with van der Waals surface area (Å²) in [6.45, 7) is 5.37. The lowest BCUT2D eigenvalue weighted by Crippen LogP contribution is -2.50. The maximum absolute atomic E-state index is 13.5. The summed E-state index contributed by atoms with van der Waals surface area (Å²) in [5.41, 5.74) is 3.07. The first-order chi connectivity index (χ1) is 19.8. The van der Waals surface area contributed by atoms with Crippen LogP contribution in [0.15, 0.2) is 65.5 Å². The smallest absolute Gasteiger partial charge is 0.255 e. The molecule has 0 aliphatic carbocycles. The number of piperidine rings is 1. The number of aromatic nitrogens is 1. The summed E-state index contributed by atoms with van der Waals surface area (Å²) in [7, 11) is 0. The first-order valence-electron chi connectivity index (χ1n) is 14.0. The molecule has 3 aromatic rings. The molecule has 3 aliphatic heterocycles. The quantitative estimate of drug-likeness (QED) is 0.532. The summed E-state index contributed by atoms with van der Waals surface area (Å²) in [6, 6.07) is 16.1. The van der Waals surface area contributed by atoms with Crippen LogP contribution < -0.4 is 15.8 Å². The summed E-state index contributed by atoms with van der Waals surface area (Å²) in [6.07, 6.45) is 0.986. The second-order valence-corrected chi connectivity index (χ2v) is 11.1. The number of nitrogens with one attached hydrogen (secondary N) is 1. The monoisotopic (exact) mass is 557 g/mol. The van der Waals surface area contributed by atoms with Crippen LogP contribution in [0.25, 0.3) is 0 Å². The number of anilines is 2.